The molecule has 0 aliphatic carbocycles. The molecule has 3 aromatic heterocycles. The van der Waals surface area contributed by atoms with Gasteiger partial charge in [-0.15, -0.1) is 0 Å². The summed E-state index contributed by atoms with van der Waals surface area (Å²) < 4.78 is 25.9. The van der Waals surface area contributed by atoms with Crippen LogP contribution in [0.15, 0.2) is 47.1 Å². The van der Waals surface area contributed by atoms with E-state index in [9.17, 15) is 4.39 Å². The van der Waals surface area contributed by atoms with Gasteiger partial charge in [-0.05, 0) is 42.8 Å². The highest BCUT2D eigenvalue weighted by atomic mass is 35.5. The van der Waals surface area contributed by atoms with Gasteiger partial charge in [-0.3, -0.25) is 4.68 Å². The standard InChI is InChI=1S/C19H15ClFN5O2/c1-11-7-15(24-26(11)10-12-3-6-17(20)22-9-12)19-23-18(25-28-19)13-4-5-16(27-2)14(21)8-13/h3-9H,10H2,1-2H3. The Morgan fingerprint density at radius 3 is 2.79 bits per heavy atom. The number of aromatic nitrogens is 5. The molecular weight excluding hydrogens is 385 g/mol. The molecule has 0 amide bonds. The Morgan fingerprint density at radius 2 is 2.07 bits per heavy atom. The molecule has 0 fully saturated rings. The average molecular weight is 400 g/mol. The third-order valence-electron chi connectivity index (χ3n) is 4.16. The van der Waals surface area contributed by atoms with E-state index in [1.807, 2.05) is 19.1 Å². The summed E-state index contributed by atoms with van der Waals surface area (Å²) in [6.07, 6.45) is 1.70. The zero-order chi connectivity index (χ0) is 19.7. The first-order chi connectivity index (χ1) is 13.5. The van der Waals surface area contributed by atoms with E-state index in [0.29, 0.717) is 23.0 Å². The number of pyridine rings is 1. The van der Waals surface area contributed by atoms with Gasteiger partial charge in [0.25, 0.3) is 5.89 Å². The van der Waals surface area contributed by atoms with Gasteiger partial charge in [0, 0.05) is 17.5 Å². The van der Waals surface area contributed by atoms with Crippen LogP contribution >= 0.6 is 11.6 Å². The van der Waals surface area contributed by atoms with Crippen molar-refractivity contribution >= 4 is 11.6 Å². The summed E-state index contributed by atoms with van der Waals surface area (Å²) >= 11 is 5.82. The van der Waals surface area contributed by atoms with Gasteiger partial charge in [0.1, 0.15) is 5.15 Å². The van der Waals surface area contributed by atoms with Crippen LogP contribution in [0.2, 0.25) is 5.15 Å². The summed E-state index contributed by atoms with van der Waals surface area (Å²) in [5.74, 6) is 0.175. The monoisotopic (exact) mass is 399 g/mol. The van der Waals surface area contributed by atoms with Crippen molar-refractivity contribution in [3.63, 3.8) is 0 Å². The topological polar surface area (TPSA) is 78.9 Å². The van der Waals surface area contributed by atoms with Crippen LogP contribution in [-0.4, -0.2) is 32.0 Å². The highest BCUT2D eigenvalue weighted by Gasteiger charge is 2.16. The van der Waals surface area contributed by atoms with Gasteiger partial charge in [-0.1, -0.05) is 22.8 Å². The van der Waals surface area contributed by atoms with E-state index in [1.54, 1.807) is 23.0 Å². The lowest BCUT2D eigenvalue weighted by atomic mass is 10.2. The van der Waals surface area contributed by atoms with Crippen LogP contribution in [0.4, 0.5) is 4.39 Å². The molecule has 0 atom stereocenters. The number of rotatable bonds is 5. The predicted octanol–water partition coefficient (Wildman–Crippen LogP) is 4.15. The molecule has 7 nitrogen and oxygen atoms in total. The van der Waals surface area contributed by atoms with Gasteiger partial charge in [0.2, 0.25) is 5.82 Å². The molecule has 0 aliphatic heterocycles. The summed E-state index contributed by atoms with van der Waals surface area (Å²) in [4.78, 5) is 8.40. The number of ether oxygens (including phenoxy) is 1. The Hall–Kier alpha value is -3.26. The molecule has 0 saturated carbocycles. The van der Waals surface area contributed by atoms with Crippen LogP contribution in [0.1, 0.15) is 11.3 Å². The molecule has 0 unspecified atom stereocenters. The number of hydrogen-bond donors (Lipinski definition) is 0. The van der Waals surface area contributed by atoms with E-state index >= 15 is 0 Å². The van der Waals surface area contributed by atoms with E-state index in [0.717, 1.165) is 11.3 Å². The quantitative estimate of drug-likeness (QED) is 0.469. The van der Waals surface area contributed by atoms with E-state index in [1.165, 1.54) is 19.2 Å². The Kier molecular flexibility index (Phi) is 4.79. The fourth-order valence-corrected chi connectivity index (χ4v) is 2.81. The summed E-state index contributed by atoms with van der Waals surface area (Å²) in [5, 5.41) is 8.88. The van der Waals surface area contributed by atoms with E-state index in [-0.39, 0.29) is 17.5 Å². The third-order valence-corrected chi connectivity index (χ3v) is 4.38. The zero-order valence-corrected chi connectivity index (χ0v) is 15.8. The van der Waals surface area contributed by atoms with Crippen molar-refractivity contribution in [3.8, 4) is 28.7 Å². The number of benzene rings is 1. The maximum atomic E-state index is 13.9. The summed E-state index contributed by atoms with van der Waals surface area (Å²) in [6.45, 7) is 2.46. The lowest BCUT2D eigenvalue weighted by Gasteiger charge is -2.03. The van der Waals surface area contributed by atoms with Crippen LogP contribution < -0.4 is 4.74 Å². The van der Waals surface area contributed by atoms with Gasteiger partial charge in [0.15, 0.2) is 17.3 Å². The maximum absolute atomic E-state index is 13.9. The number of nitrogens with zero attached hydrogens (tertiary/aromatic N) is 5. The van der Waals surface area contributed by atoms with Crippen LogP contribution in [-0.2, 0) is 6.54 Å². The fraction of sp³-hybridized carbons (Fsp3) is 0.158. The van der Waals surface area contributed by atoms with E-state index < -0.39 is 5.82 Å². The molecule has 0 spiro atoms. The Morgan fingerprint density at radius 1 is 1.21 bits per heavy atom. The highest BCUT2D eigenvalue weighted by molar-refractivity contribution is 6.29. The van der Waals surface area contributed by atoms with Crippen LogP contribution in [0.25, 0.3) is 23.0 Å². The number of methoxy groups -OCH3 is 1. The van der Waals surface area contributed by atoms with Crippen molar-refractivity contribution < 1.29 is 13.7 Å². The predicted molar refractivity (Wildman–Crippen MR) is 101 cm³/mol. The van der Waals surface area contributed by atoms with Gasteiger partial charge >= 0.3 is 0 Å². The molecule has 0 saturated heterocycles. The minimum atomic E-state index is -0.497. The van der Waals surface area contributed by atoms with Crippen molar-refractivity contribution in [1.29, 1.82) is 0 Å². The number of hydrogen-bond acceptors (Lipinski definition) is 6. The van der Waals surface area contributed by atoms with Crippen molar-refractivity contribution in [2.75, 3.05) is 7.11 Å². The van der Waals surface area contributed by atoms with Gasteiger partial charge in [-0.2, -0.15) is 10.1 Å². The van der Waals surface area contributed by atoms with Crippen LogP contribution in [0, 0.1) is 12.7 Å². The first-order valence-electron chi connectivity index (χ1n) is 8.36. The fourth-order valence-electron chi connectivity index (χ4n) is 2.70. The maximum Gasteiger partial charge on any atom is 0.278 e. The Balaban J connectivity index is 1.59. The van der Waals surface area contributed by atoms with Crippen molar-refractivity contribution in [3.05, 3.63) is 64.8 Å². The second-order valence-electron chi connectivity index (χ2n) is 6.09. The molecule has 1 aromatic carbocycles. The lowest BCUT2D eigenvalue weighted by molar-refractivity contribution is 0.386. The molecule has 142 valence electrons. The first kappa shape index (κ1) is 18.1. The molecule has 0 N–H and O–H groups in total. The molecule has 3 heterocycles. The second-order valence-corrected chi connectivity index (χ2v) is 6.48. The van der Waals surface area contributed by atoms with Gasteiger partial charge < -0.3 is 9.26 Å². The molecule has 0 radical (unpaired) electrons. The zero-order valence-electron chi connectivity index (χ0n) is 15.1. The van der Waals surface area contributed by atoms with E-state index in [4.69, 9.17) is 20.9 Å². The summed E-state index contributed by atoms with van der Waals surface area (Å²) in [7, 11) is 1.41. The molecular formula is C19H15ClFN5O2. The molecule has 4 aromatic rings. The van der Waals surface area contributed by atoms with Gasteiger partial charge in [-0.25, -0.2) is 9.37 Å². The third kappa shape index (κ3) is 3.59. The summed E-state index contributed by atoms with van der Waals surface area (Å²) in [5.41, 5.74) is 2.89. The second kappa shape index (κ2) is 7.40. The normalized spacial score (nSPS) is 11.0. The number of aryl methyl sites for hydroxylation is 1. The van der Waals surface area contributed by atoms with Crippen molar-refractivity contribution in [2.45, 2.75) is 13.5 Å². The van der Waals surface area contributed by atoms with E-state index in [2.05, 4.69) is 20.2 Å². The molecule has 28 heavy (non-hydrogen) atoms. The molecule has 0 bridgehead atoms. The smallest absolute Gasteiger partial charge is 0.278 e. The molecule has 9 heteroatoms. The average Bonchev–Trinajstić information content (AvgIpc) is 3.31. The Bertz CT molecular complexity index is 1120. The summed E-state index contributed by atoms with van der Waals surface area (Å²) in [6, 6.07) is 9.93. The lowest BCUT2D eigenvalue weighted by Crippen LogP contribution is -2.04. The largest absolute Gasteiger partial charge is 0.494 e. The van der Waals surface area contributed by atoms with Crippen molar-refractivity contribution in [2.24, 2.45) is 0 Å². The first-order valence-corrected chi connectivity index (χ1v) is 8.74. The van der Waals surface area contributed by atoms with Crippen LogP contribution in [0.5, 0.6) is 5.75 Å². The molecule has 4 rings (SSSR count). The van der Waals surface area contributed by atoms with Crippen molar-refractivity contribution in [1.82, 2.24) is 24.9 Å². The Labute approximate surface area is 164 Å². The SMILES string of the molecule is COc1ccc(-c2noc(-c3cc(C)n(Cc4ccc(Cl)nc4)n3)n2)cc1F. The minimum Gasteiger partial charge on any atom is -0.494 e. The van der Waals surface area contributed by atoms with Crippen LogP contribution in [0.3, 0.4) is 0 Å². The van der Waals surface area contributed by atoms with Gasteiger partial charge in [0.05, 0.1) is 13.7 Å². The number of halogens is 2. The highest BCUT2D eigenvalue weighted by Crippen LogP contribution is 2.26. The molecule has 0 aliphatic rings. The minimum absolute atomic E-state index is 0.151.